The van der Waals surface area contributed by atoms with Crippen molar-refractivity contribution in [3.05, 3.63) is 80.3 Å². The molecule has 0 saturated carbocycles. The standard InChI is InChI=1S/C18H16BrN5O2/c1-12-17(21-18(25)24-22-12)23-20-10-14-4-2-3-5-16(14)26-11-13-6-8-15(19)9-7-13/h2-10H,11H2,1H3,(H2,21,23,24,25). The summed E-state index contributed by atoms with van der Waals surface area (Å²) in [6, 6.07) is 15.5. The molecule has 1 heterocycles. The third-order valence-electron chi connectivity index (χ3n) is 3.48. The second-order valence-corrected chi connectivity index (χ2v) is 6.31. The van der Waals surface area contributed by atoms with E-state index in [2.05, 4.69) is 41.6 Å². The van der Waals surface area contributed by atoms with E-state index in [0.717, 1.165) is 15.6 Å². The Morgan fingerprint density at radius 1 is 1.23 bits per heavy atom. The van der Waals surface area contributed by atoms with Crippen molar-refractivity contribution in [2.45, 2.75) is 13.5 Å². The number of hydrazone groups is 1. The molecule has 132 valence electrons. The fourth-order valence-corrected chi connectivity index (χ4v) is 2.39. The average molecular weight is 414 g/mol. The lowest BCUT2D eigenvalue weighted by Gasteiger charge is -2.09. The van der Waals surface area contributed by atoms with Gasteiger partial charge in [-0.2, -0.15) is 15.2 Å². The predicted molar refractivity (Wildman–Crippen MR) is 104 cm³/mol. The molecule has 0 aliphatic carbocycles. The number of para-hydroxylation sites is 1. The summed E-state index contributed by atoms with van der Waals surface area (Å²) in [5.74, 6) is 1.01. The van der Waals surface area contributed by atoms with Crippen LogP contribution in [0.25, 0.3) is 0 Å². The van der Waals surface area contributed by atoms with Crippen molar-refractivity contribution in [3.8, 4) is 5.75 Å². The molecule has 2 N–H and O–H groups in total. The maximum atomic E-state index is 11.2. The quantitative estimate of drug-likeness (QED) is 0.477. The van der Waals surface area contributed by atoms with Crippen molar-refractivity contribution in [1.29, 1.82) is 0 Å². The monoisotopic (exact) mass is 413 g/mol. The molecule has 26 heavy (non-hydrogen) atoms. The van der Waals surface area contributed by atoms with Gasteiger partial charge >= 0.3 is 5.69 Å². The first-order valence-electron chi connectivity index (χ1n) is 7.80. The first-order chi connectivity index (χ1) is 12.6. The Morgan fingerprint density at radius 2 is 2.00 bits per heavy atom. The maximum Gasteiger partial charge on any atom is 0.363 e. The van der Waals surface area contributed by atoms with Gasteiger partial charge in [0.2, 0.25) is 0 Å². The Balaban J connectivity index is 1.69. The van der Waals surface area contributed by atoms with Gasteiger partial charge in [0.15, 0.2) is 5.82 Å². The number of nitrogens with zero attached hydrogens (tertiary/aromatic N) is 3. The Hall–Kier alpha value is -3.00. The fraction of sp³-hybridized carbons (Fsp3) is 0.111. The van der Waals surface area contributed by atoms with Crippen molar-refractivity contribution in [2.24, 2.45) is 5.10 Å². The largest absolute Gasteiger partial charge is 0.488 e. The van der Waals surface area contributed by atoms with Crippen LogP contribution >= 0.6 is 15.9 Å². The molecule has 0 saturated heterocycles. The van der Waals surface area contributed by atoms with Gasteiger partial charge in [-0.05, 0) is 36.8 Å². The summed E-state index contributed by atoms with van der Waals surface area (Å²) in [5, 5.41) is 10.2. The summed E-state index contributed by atoms with van der Waals surface area (Å²) < 4.78 is 6.92. The van der Waals surface area contributed by atoms with Crippen molar-refractivity contribution >= 4 is 28.0 Å². The number of hydrogen-bond donors (Lipinski definition) is 2. The molecule has 7 nitrogen and oxygen atoms in total. The highest BCUT2D eigenvalue weighted by atomic mass is 79.9. The van der Waals surface area contributed by atoms with Crippen LogP contribution in [-0.2, 0) is 6.61 Å². The molecule has 1 aromatic heterocycles. The molecule has 0 spiro atoms. The number of halogens is 1. The van der Waals surface area contributed by atoms with Gasteiger partial charge in [0, 0.05) is 10.0 Å². The highest BCUT2D eigenvalue weighted by molar-refractivity contribution is 9.10. The zero-order chi connectivity index (χ0) is 18.4. The van der Waals surface area contributed by atoms with E-state index in [0.29, 0.717) is 23.9 Å². The number of aromatic nitrogens is 3. The van der Waals surface area contributed by atoms with E-state index >= 15 is 0 Å². The van der Waals surface area contributed by atoms with Crippen LogP contribution < -0.4 is 15.9 Å². The van der Waals surface area contributed by atoms with E-state index in [1.165, 1.54) is 0 Å². The van der Waals surface area contributed by atoms with E-state index in [9.17, 15) is 4.79 Å². The van der Waals surface area contributed by atoms with Gasteiger partial charge in [-0.15, -0.1) is 0 Å². The van der Waals surface area contributed by atoms with Crippen molar-refractivity contribution in [2.75, 3.05) is 5.43 Å². The smallest absolute Gasteiger partial charge is 0.363 e. The summed E-state index contributed by atoms with van der Waals surface area (Å²) in [5.41, 5.74) is 4.59. The summed E-state index contributed by atoms with van der Waals surface area (Å²) in [6.45, 7) is 2.17. The van der Waals surface area contributed by atoms with Crippen LogP contribution in [-0.4, -0.2) is 21.4 Å². The van der Waals surface area contributed by atoms with Crippen LogP contribution in [0.15, 0.2) is 62.9 Å². The molecular formula is C18H16BrN5O2. The number of nitrogens with one attached hydrogen (secondary N) is 2. The van der Waals surface area contributed by atoms with Crippen molar-refractivity contribution in [3.63, 3.8) is 0 Å². The SMILES string of the molecule is Cc1n[nH]c(=O)nc1NN=Cc1ccccc1OCc1ccc(Br)cc1. The minimum atomic E-state index is -0.536. The van der Waals surface area contributed by atoms with Gasteiger partial charge in [-0.1, -0.05) is 40.2 Å². The minimum absolute atomic E-state index is 0.304. The van der Waals surface area contributed by atoms with E-state index in [-0.39, 0.29) is 0 Å². The molecule has 0 fully saturated rings. The normalized spacial score (nSPS) is 10.8. The zero-order valence-corrected chi connectivity index (χ0v) is 15.5. The summed E-state index contributed by atoms with van der Waals surface area (Å²) in [7, 11) is 0. The second-order valence-electron chi connectivity index (χ2n) is 5.40. The Bertz CT molecular complexity index is 970. The lowest BCUT2D eigenvalue weighted by atomic mass is 10.2. The third-order valence-corrected chi connectivity index (χ3v) is 4.00. The van der Waals surface area contributed by atoms with Gasteiger partial charge in [0.05, 0.1) is 6.21 Å². The summed E-state index contributed by atoms with van der Waals surface area (Å²) in [6.07, 6.45) is 1.61. The Morgan fingerprint density at radius 3 is 2.81 bits per heavy atom. The van der Waals surface area contributed by atoms with Crippen molar-refractivity contribution in [1.82, 2.24) is 15.2 Å². The number of anilines is 1. The third kappa shape index (κ3) is 4.76. The van der Waals surface area contributed by atoms with Crippen LogP contribution in [0.4, 0.5) is 5.82 Å². The van der Waals surface area contributed by atoms with Gasteiger partial charge in [-0.3, -0.25) is 5.43 Å². The molecule has 0 aliphatic heterocycles. The molecule has 0 atom stereocenters. The highest BCUT2D eigenvalue weighted by Crippen LogP contribution is 2.18. The van der Waals surface area contributed by atoms with E-state index in [4.69, 9.17) is 4.74 Å². The highest BCUT2D eigenvalue weighted by Gasteiger charge is 2.03. The van der Waals surface area contributed by atoms with Crippen molar-refractivity contribution < 1.29 is 4.74 Å². The second kappa shape index (κ2) is 8.39. The van der Waals surface area contributed by atoms with Gasteiger partial charge in [0.25, 0.3) is 0 Å². The average Bonchev–Trinajstić information content (AvgIpc) is 2.65. The molecule has 0 amide bonds. The lowest BCUT2D eigenvalue weighted by Crippen LogP contribution is -2.15. The molecule has 0 radical (unpaired) electrons. The van der Waals surface area contributed by atoms with E-state index in [1.54, 1.807) is 13.1 Å². The van der Waals surface area contributed by atoms with Gasteiger partial charge in [0.1, 0.15) is 18.1 Å². The van der Waals surface area contributed by atoms with Crippen LogP contribution in [0, 0.1) is 6.92 Å². The molecule has 0 bridgehead atoms. The molecule has 2 aromatic carbocycles. The first kappa shape index (κ1) is 17.8. The van der Waals surface area contributed by atoms with Gasteiger partial charge < -0.3 is 4.74 Å². The van der Waals surface area contributed by atoms with Crippen LogP contribution in [0.5, 0.6) is 5.75 Å². The summed E-state index contributed by atoms with van der Waals surface area (Å²) >= 11 is 3.41. The number of aryl methyl sites for hydroxylation is 1. The summed E-state index contributed by atoms with van der Waals surface area (Å²) in [4.78, 5) is 15.0. The topological polar surface area (TPSA) is 92.3 Å². The molecule has 0 aliphatic rings. The van der Waals surface area contributed by atoms with Crippen LogP contribution in [0.3, 0.4) is 0 Å². The Labute approximate surface area is 158 Å². The molecule has 3 rings (SSSR count). The fourth-order valence-electron chi connectivity index (χ4n) is 2.12. The Kier molecular flexibility index (Phi) is 5.75. The number of hydrogen-bond acceptors (Lipinski definition) is 6. The number of rotatable bonds is 6. The van der Waals surface area contributed by atoms with E-state index < -0.39 is 5.69 Å². The maximum absolute atomic E-state index is 11.2. The van der Waals surface area contributed by atoms with Crippen LogP contribution in [0.1, 0.15) is 16.8 Å². The minimum Gasteiger partial charge on any atom is -0.488 e. The molecule has 8 heteroatoms. The lowest BCUT2D eigenvalue weighted by molar-refractivity contribution is 0.306. The molecule has 3 aromatic rings. The molecular weight excluding hydrogens is 398 g/mol. The molecule has 0 unspecified atom stereocenters. The predicted octanol–water partition coefficient (Wildman–Crippen LogP) is 3.26. The van der Waals surface area contributed by atoms with E-state index in [1.807, 2.05) is 48.5 Å². The van der Waals surface area contributed by atoms with Gasteiger partial charge in [-0.25, -0.2) is 9.89 Å². The zero-order valence-electron chi connectivity index (χ0n) is 13.9. The number of benzene rings is 2. The first-order valence-corrected chi connectivity index (χ1v) is 8.60. The van der Waals surface area contributed by atoms with Crippen LogP contribution in [0.2, 0.25) is 0 Å². The number of ether oxygens (including phenoxy) is 1. The number of aromatic amines is 1. The number of H-pyrrole nitrogens is 1.